The van der Waals surface area contributed by atoms with Crippen molar-refractivity contribution in [2.75, 3.05) is 18.0 Å². The molecule has 0 bridgehead atoms. The summed E-state index contributed by atoms with van der Waals surface area (Å²) < 4.78 is 0. The van der Waals surface area contributed by atoms with Crippen LogP contribution in [0.5, 0.6) is 0 Å². The number of rotatable bonds is 3. The smallest absolute Gasteiger partial charge is 0.128 e. The van der Waals surface area contributed by atoms with Gasteiger partial charge in [0.25, 0.3) is 0 Å². The van der Waals surface area contributed by atoms with Crippen LogP contribution in [0.1, 0.15) is 46.1 Å². The number of pyridine rings is 1. The molecule has 106 valence electrons. The van der Waals surface area contributed by atoms with E-state index >= 15 is 0 Å². The van der Waals surface area contributed by atoms with Gasteiger partial charge in [-0.25, -0.2) is 4.98 Å². The highest BCUT2D eigenvalue weighted by Gasteiger charge is 2.16. The van der Waals surface area contributed by atoms with Gasteiger partial charge in [-0.2, -0.15) is 0 Å². The predicted octanol–water partition coefficient (Wildman–Crippen LogP) is 3.21. The molecule has 0 unspecified atom stereocenters. The van der Waals surface area contributed by atoms with E-state index in [4.69, 9.17) is 0 Å². The normalized spacial score (nSPS) is 17.8. The summed E-state index contributed by atoms with van der Waals surface area (Å²) in [5.41, 5.74) is 1.41. The van der Waals surface area contributed by atoms with Crippen LogP contribution < -0.4 is 10.2 Å². The third kappa shape index (κ3) is 4.50. The second kappa shape index (κ2) is 5.91. The first-order valence-electron chi connectivity index (χ1n) is 7.39. The second-order valence-electron chi connectivity index (χ2n) is 6.80. The first-order chi connectivity index (χ1) is 8.94. The molecule has 2 rings (SSSR count). The maximum absolute atomic E-state index is 4.61. The molecular weight excluding hydrogens is 234 g/mol. The first kappa shape index (κ1) is 14.3. The quantitative estimate of drug-likeness (QED) is 0.905. The van der Waals surface area contributed by atoms with Gasteiger partial charge in [-0.05, 0) is 51.2 Å². The zero-order valence-electron chi connectivity index (χ0n) is 12.7. The number of hydrogen-bond donors (Lipinski definition) is 1. The monoisotopic (exact) mass is 261 g/mol. The maximum Gasteiger partial charge on any atom is 0.128 e. The van der Waals surface area contributed by atoms with E-state index in [1.807, 2.05) is 6.20 Å². The van der Waals surface area contributed by atoms with Crippen LogP contribution in [0.4, 0.5) is 5.82 Å². The first-order valence-corrected chi connectivity index (χ1v) is 7.39. The van der Waals surface area contributed by atoms with E-state index < -0.39 is 0 Å². The van der Waals surface area contributed by atoms with E-state index in [9.17, 15) is 0 Å². The van der Waals surface area contributed by atoms with Crippen molar-refractivity contribution >= 4 is 5.82 Å². The fraction of sp³-hybridized carbons (Fsp3) is 0.688. The Balaban J connectivity index is 1.91. The van der Waals surface area contributed by atoms with Crippen LogP contribution in [-0.2, 0) is 6.54 Å². The second-order valence-corrected chi connectivity index (χ2v) is 6.80. The fourth-order valence-corrected chi connectivity index (χ4v) is 2.31. The van der Waals surface area contributed by atoms with Crippen LogP contribution in [-0.4, -0.2) is 23.6 Å². The van der Waals surface area contributed by atoms with Crippen LogP contribution in [0.3, 0.4) is 0 Å². The summed E-state index contributed by atoms with van der Waals surface area (Å²) in [6, 6.07) is 4.36. The Hall–Kier alpha value is -1.09. The average Bonchev–Trinajstić information content (AvgIpc) is 2.37. The molecule has 0 spiro atoms. The van der Waals surface area contributed by atoms with E-state index in [2.05, 4.69) is 55.0 Å². The molecule has 0 radical (unpaired) electrons. The Morgan fingerprint density at radius 3 is 2.47 bits per heavy atom. The summed E-state index contributed by atoms with van der Waals surface area (Å²) >= 11 is 0. The lowest BCUT2D eigenvalue weighted by atomic mass is 9.99. The molecule has 0 atom stereocenters. The van der Waals surface area contributed by atoms with Gasteiger partial charge in [0.15, 0.2) is 0 Å². The molecule has 0 amide bonds. The van der Waals surface area contributed by atoms with E-state index in [-0.39, 0.29) is 5.54 Å². The molecule has 0 aliphatic carbocycles. The number of hydrogen-bond acceptors (Lipinski definition) is 3. The van der Waals surface area contributed by atoms with Crippen molar-refractivity contribution in [3.05, 3.63) is 23.9 Å². The van der Waals surface area contributed by atoms with Gasteiger partial charge < -0.3 is 10.2 Å². The average molecular weight is 261 g/mol. The predicted molar refractivity (Wildman–Crippen MR) is 81.4 cm³/mol. The molecule has 3 nitrogen and oxygen atoms in total. The summed E-state index contributed by atoms with van der Waals surface area (Å²) in [5.74, 6) is 2.00. The van der Waals surface area contributed by atoms with Gasteiger partial charge in [-0.15, -0.1) is 0 Å². The summed E-state index contributed by atoms with van der Waals surface area (Å²) in [5, 5.41) is 3.49. The highest BCUT2D eigenvalue weighted by Crippen LogP contribution is 2.21. The minimum Gasteiger partial charge on any atom is -0.357 e. The van der Waals surface area contributed by atoms with Crippen molar-refractivity contribution in [2.24, 2.45) is 5.92 Å². The number of aromatic nitrogens is 1. The Labute approximate surface area is 117 Å². The maximum atomic E-state index is 4.61. The highest BCUT2D eigenvalue weighted by molar-refractivity contribution is 5.39. The van der Waals surface area contributed by atoms with Crippen LogP contribution in [0.2, 0.25) is 0 Å². The van der Waals surface area contributed by atoms with Crippen molar-refractivity contribution in [3.8, 4) is 0 Å². The van der Waals surface area contributed by atoms with Gasteiger partial charge in [0.05, 0.1) is 0 Å². The Bertz CT molecular complexity index is 383. The van der Waals surface area contributed by atoms with Crippen LogP contribution >= 0.6 is 0 Å². The number of nitrogens with one attached hydrogen (secondary N) is 1. The van der Waals surface area contributed by atoms with Gasteiger partial charge in [0, 0.05) is 31.4 Å². The zero-order valence-corrected chi connectivity index (χ0v) is 12.7. The Kier molecular flexibility index (Phi) is 4.46. The minimum absolute atomic E-state index is 0.154. The third-order valence-corrected chi connectivity index (χ3v) is 3.74. The lowest BCUT2D eigenvalue weighted by molar-refractivity contribution is 0.423. The SMILES string of the molecule is CC1CCN(c2ccc(CNC(C)(C)C)cn2)CC1. The molecule has 0 aromatic carbocycles. The molecule has 3 heteroatoms. The number of piperidine rings is 1. The van der Waals surface area contributed by atoms with Crippen molar-refractivity contribution in [1.82, 2.24) is 10.3 Å². The summed E-state index contributed by atoms with van der Waals surface area (Å²) in [7, 11) is 0. The lowest BCUT2D eigenvalue weighted by Gasteiger charge is -2.31. The van der Waals surface area contributed by atoms with Gasteiger partial charge in [0.2, 0.25) is 0 Å². The topological polar surface area (TPSA) is 28.2 Å². The lowest BCUT2D eigenvalue weighted by Crippen LogP contribution is -2.35. The van der Waals surface area contributed by atoms with Gasteiger partial charge in [-0.1, -0.05) is 13.0 Å². The van der Waals surface area contributed by atoms with E-state index in [1.165, 1.54) is 18.4 Å². The Morgan fingerprint density at radius 2 is 1.95 bits per heavy atom. The van der Waals surface area contributed by atoms with Crippen LogP contribution in [0.15, 0.2) is 18.3 Å². The number of anilines is 1. The molecule has 1 aromatic rings. The molecule has 1 aromatic heterocycles. The molecule has 2 heterocycles. The molecule has 1 aliphatic rings. The van der Waals surface area contributed by atoms with Crippen molar-refractivity contribution in [3.63, 3.8) is 0 Å². The summed E-state index contributed by atoms with van der Waals surface area (Å²) in [4.78, 5) is 7.02. The number of nitrogens with zero attached hydrogens (tertiary/aromatic N) is 2. The minimum atomic E-state index is 0.154. The van der Waals surface area contributed by atoms with Crippen LogP contribution in [0.25, 0.3) is 0 Å². The van der Waals surface area contributed by atoms with Gasteiger partial charge >= 0.3 is 0 Å². The summed E-state index contributed by atoms with van der Waals surface area (Å²) in [6.45, 7) is 12.1. The third-order valence-electron chi connectivity index (χ3n) is 3.74. The van der Waals surface area contributed by atoms with E-state index in [1.54, 1.807) is 0 Å². The fourth-order valence-electron chi connectivity index (χ4n) is 2.31. The van der Waals surface area contributed by atoms with Gasteiger partial charge in [0.1, 0.15) is 5.82 Å². The van der Waals surface area contributed by atoms with Crippen molar-refractivity contribution in [1.29, 1.82) is 0 Å². The van der Waals surface area contributed by atoms with Crippen molar-refractivity contribution in [2.45, 2.75) is 52.6 Å². The van der Waals surface area contributed by atoms with E-state index in [0.29, 0.717) is 0 Å². The largest absolute Gasteiger partial charge is 0.357 e. The molecule has 1 saturated heterocycles. The molecule has 1 N–H and O–H groups in total. The summed E-state index contributed by atoms with van der Waals surface area (Å²) in [6.07, 6.45) is 4.58. The molecular formula is C16H27N3. The molecule has 1 aliphatic heterocycles. The zero-order chi connectivity index (χ0) is 13.9. The van der Waals surface area contributed by atoms with Gasteiger partial charge in [-0.3, -0.25) is 0 Å². The van der Waals surface area contributed by atoms with E-state index in [0.717, 1.165) is 31.4 Å². The van der Waals surface area contributed by atoms with Crippen LogP contribution in [0, 0.1) is 5.92 Å². The molecule has 19 heavy (non-hydrogen) atoms. The molecule has 1 fully saturated rings. The molecule has 0 saturated carbocycles. The highest BCUT2D eigenvalue weighted by atomic mass is 15.2. The van der Waals surface area contributed by atoms with Crippen molar-refractivity contribution < 1.29 is 0 Å². The Morgan fingerprint density at radius 1 is 1.26 bits per heavy atom. The standard InChI is InChI=1S/C16H27N3/c1-13-7-9-19(10-8-13)15-6-5-14(11-17-15)12-18-16(2,3)4/h5-6,11,13,18H,7-10,12H2,1-4H3.